The molecule has 110 valence electrons. The van der Waals surface area contributed by atoms with Crippen LogP contribution in [-0.4, -0.2) is 29.9 Å². The first kappa shape index (κ1) is 10.8. The molecule has 0 unspecified atom stereocenters. The van der Waals surface area contributed by atoms with E-state index in [0.29, 0.717) is 23.8 Å². The zero-order valence-electron chi connectivity index (χ0n) is 14.5. The van der Waals surface area contributed by atoms with Gasteiger partial charge in [-0.2, -0.15) is 0 Å². The van der Waals surface area contributed by atoms with Crippen molar-refractivity contribution in [2.75, 3.05) is 0 Å². The number of unbranched alkanes of at least 4 members (excludes halogenated alkanes) is 1. The molecular weight excluding hydrogens is 260 g/mol. The van der Waals surface area contributed by atoms with Crippen LogP contribution in [0, 0.1) is 0 Å². The summed E-state index contributed by atoms with van der Waals surface area (Å²) < 4.78 is 25.5. The highest BCUT2D eigenvalue weighted by Crippen LogP contribution is 2.04. The molecule has 0 fully saturated rings. The Morgan fingerprint density at radius 2 is 2.20 bits per heavy atom. The van der Waals surface area contributed by atoms with Crippen molar-refractivity contribution in [3.05, 3.63) is 27.2 Å². The second kappa shape index (κ2) is 5.62. The van der Waals surface area contributed by atoms with Crippen LogP contribution in [0.5, 0.6) is 0 Å². The summed E-state index contributed by atoms with van der Waals surface area (Å²) in [5.41, 5.74) is -1.50. The van der Waals surface area contributed by atoms with Crippen molar-refractivity contribution in [2.45, 2.75) is 38.8 Å². The Bertz CT molecular complexity index is 817. The summed E-state index contributed by atoms with van der Waals surface area (Å²) in [6.45, 7) is -0.962. The van der Waals surface area contributed by atoms with Crippen molar-refractivity contribution in [1.29, 1.82) is 0 Å². The van der Waals surface area contributed by atoms with E-state index >= 15 is 0 Å². The lowest BCUT2D eigenvalue weighted by Gasteiger charge is -2.09. The lowest BCUT2D eigenvalue weighted by Crippen LogP contribution is -2.39. The Morgan fingerprint density at radius 1 is 1.45 bits per heavy atom. The lowest BCUT2D eigenvalue weighted by molar-refractivity contribution is 0.180. The van der Waals surface area contributed by atoms with E-state index < -0.39 is 24.3 Å². The number of rotatable bonds is 5. The molecule has 7 nitrogen and oxygen atoms in total. The maximum Gasteiger partial charge on any atom is 0.332 e. The van der Waals surface area contributed by atoms with E-state index in [4.69, 9.17) is 4.11 Å². The zero-order valence-corrected chi connectivity index (χ0v) is 11.5. The van der Waals surface area contributed by atoms with E-state index in [0.717, 1.165) is 4.57 Å². The number of aliphatic hydroxyl groups excluding tert-OH is 1. The van der Waals surface area contributed by atoms with Crippen molar-refractivity contribution < 1.29 is 9.22 Å². The number of hydrogen-bond donors (Lipinski definition) is 1. The van der Waals surface area contributed by atoms with Gasteiger partial charge < -0.3 is 9.67 Å². The Hall–Kier alpha value is -1.89. The summed E-state index contributed by atoms with van der Waals surface area (Å²) in [6, 6.07) is 0. The number of imidazole rings is 1. The monoisotopic (exact) mass is 283 g/mol. The van der Waals surface area contributed by atoms with E-state index in [1.54, 1.807) is 14.0 Å². The normalized spacial score (nSPS) is 15.8. The summed E-state index contributed by atoms with van der Waals surface area (Å²) >= 11 is 0. The van der Waals surface area contributed by atoms with E-state index in [1.807, 2.05) is 0 Å². The highest BCUT2D eigenvalue weighted by Gasteiger charge is 2.14. The van der Waals surface area contributed by atoms with Gasteiger partial charge in [-0.05, 0) is 26.2 Å². The average molecular weight is 283 g/mol. The van der Waals surface area contributed by atoms with Gasteiger partial charge in [-0.3, -0.25) is 13.9 Å². The van der Waals surface area contributed by atoms with Gasteiger partial charge in [0, 0.05) is 24.7 Å². The Morgan fingerprint density at radius 3 is 2.85 bits per heavy atom. The van der Waals surface area contributed by atoms with Crippen LogP contribution in [0.4, 0.5) is 0 Å². The number of fused-ring (bicyclic) bond motifs is 1. The lowest BCUT2D eigenvalue weighted by atomic mass is 10.2. The van der Waals surface area contributed by atoms with Gasteiger partial charge in [0.2, 0.25) is 0 Å². The van der Waals surface area contributed by atoms with Crippen LogP contribution >= 0.6 is 0 Å². The Kier molecular flexibility index (Phi) is 3.05. The average Bonchev–Trinajstić information content (AvgIpc) is 2.77. The second-order valence-electron chi connectivity index (χ2n) is 4.95. The molecule has 0 spiro atoms. The van der Waals surface area contributed by atoms with E-state index in [2.05, 4.69) is 4.98 Å². The molecule has 2 aromatic rings. The fraction of sp³-hybridized carbons (Fsp3) is 0.615. The van der Waals surface area contributed by atoms with Crippen molar-refractivity contribution in [1.82, 2.24) is 18.7 Å². The maximum atomic E-state index is 12.5. The fourth-order valence-corrected chi connectivity index (χ4v) is 2.16. The molecule has 1 N–H and O–H groups in total. The first-order valence-electron chi connectivity index (χ1n) is 8.00. The second-order valence-corrected chi connectivity index (χ2v) is 4.95. The zero-order chi connectivity index (χ0) is 17.4. The van der Waals surface area contributed by atoms with Crippen molar-refractivity contribution >= 4 is 11.2 Å². The van der Waals surface area contributed by atoms with Crippen LogP contribution in [-0.2, 0) is 20.6 Å². The van der Waals surface area contributed by atoms with Gasteiger partial charge in [-0.1, -0.05) is 0 Å². The largest absolute Gasteiger partial charge is 0.393 e. The molecular formula is C13H20N4O3. The van der Waals surface area contributed by atoms with Gasteiger partial charge in [0.05, 0.1) is 12.4 Å². The number of nitrogens with zero attached hydrogens (tertiary/aromatic N) is 4. The first-order valence-corrected chi connectivity index (χ1v) is 6.50. The molecule has 0 aliphatic carbocycles. The molecule has 7 heteroatoms. The van der Waals surface area contributed by atoms with Crippen LogP contribution in [0.1, 0.15) is 30.3 Å². The molecule has 0 saturated heterocycles. The summed E-state index contributed by atoms with van der Waals surface area (Å²) in [5, 5.41) is 9.24. The van der Waals surface area contributed by atoms with Crippen LogP contribution in [0.15, 0.2) is 15.9 Å². The molecule has 0 bridgehead atoms. The summed E-state index contributed by atoms with van der Waals surface area (Å²) in [5.74, 6) is 0. The van der Waals surface area contributed by atoms with Crippen LogP contribution in [0.2, 0.25) is 0 Å². The molecule has 1 atom stereocenters. The van der Waals surface area contributed by atoms with Crippen molar-refractivity contribution in [3.63, 3.8) is 0 Å². The molecule has 0 saturated carbocycles. The molecule has 2 aromatic heterocycles. The topological polar surface area (TPSA) is 82.0 Å². The molecule has 2 heterocycles. The minimum atomic E-state index is -2.72. The highest BCUT2D eigenvalue weighted by molar-refractivity contribution is 5.69. The standard InChI is InChI=1S/C13H20N4O3/c1-9(18)6-4-5-7-17-12(19)10-11(14-8-15(10)2)16(3)13(17)20/h8-9,18H,4-7H2,1-3H3/t9-/m1/s1/i3D3. The first-order chi connectivity index (χ1) is 10.6. The molecule has 0 aromatic carbocycles. The van der Waals surface area contributed by atoms with Crippen LogP contribution in [0.3, 0.4) is 0 Å². The third-order valence-corrected chi connectivity index (χ3v) is 3.25. The molecule has 0 radical (unpaired) electrons. The fourth-order valence-electron chi connectivity index (χ4n) is 2.16. The van der Waals surface area contributed by atoms with Crippen molar-refractivity contribution in [3.8, 4) is 0 Å². The van der Waals surface area contributed by atoms with Crippen molar-refractivity contribution in [2.24, 2.45) is 14.0 Å². The summed E-state index contributed by atoms with van der Waals surface area (Å²) in [7, 11) is 1.57. The minimum Gasteiger partial charge on any atom is -0.393 e. The van der Waals surface area contributed by atoms with Crippen LogP contribution < -0.4 is 11.2 Å². The molecule has 0 aliphatic heterocycles. The maximum absolute atomic E-state index is 12.5. The van der Waals surface area contributed by atoms with E-state index in [9.17, 15) is 14.7 Å². The smallest absolute Gasteiger partial charge is 0.332 e. The highest BCUT2D eigenvalue weighted by atomic mass is 16.3. The number of aryl methyl sites for hydroxylation is 2. The van der Waals surface area contributed by atoms with E-state index in [1.165, 1.54) is 10.9 Å². The van der Waals surface area contributed by atoms with E-state index in [-0.39, 0.29) is 17.7 Å². The molecule has 0 amide bonds. The number of hydrogen-bond acceptors (Lipinski definition) is 4. The number of aromatic nitrogens is 4. The van der Waals surface area contributed by atoms with Gasteiger partial charge >= 0.3 is 5.69 Å². The Labute approximate surface area is 120 Å². The predicted octanol–water partition coefficient (Wildman–Crippen LogP) is -0.0152. The molecule has 2 rings (SSSR count). The van der Waals surface area contributed by atoms with Crippen LogP contribution in [0.25, 0.3) is 11.2 Å². The van der Waals surface area contributed by atoms with Gasteiger partial charge in [0.25, 0.3) is 5.56 Å². The third kappa shape index (κ3) is 2.53. The predicted molar refractivity (Wildman–Crippen MR) is 75.7 cm³/mol. The van der Waals surface area contributed by atoms with Gasteiger partial charge in [0.15, 0.2) is 11.2 Å². The third-order valence-electron chi connectivity index (χ3n) is 3.25. The quantitative estimate of drug-likeness (QED) is 0.782. The van der Waals surface area contributed by atoms with Gasteiger partial charge in [-0.15, -0.1) is 0 Å². The summed E-state index contributed by atoms with van der Waals surface area (Å²) in [6.07, 6.45) is 2.53. The minimum absolute atomic E-state index is 0.0799. The van der Waals surface area contributed by atoms with Gasteiger partial charge in [0.1, 0.15) is 0 Å². The Balaban J connectivity index is 2.54. The number of aliphatic hydroxyl groups is 1. The SMILES string of the molecule is [2H]C([2H])([2H])n1c(=O)n(CCCC[C@@H](C)O)c(=O)c2c1ncn2C. The summed E-state index contributed by atoms with van der Waals surface area (Å²) in [4.78, 5) is 28.8. The molecule has 20 heavy (non-hydrogen) atoms. The molecule has 0 aliphatic rings. The van der Waals surface area contributed by atoms with Gasteiger partial charge in [-0.25, -0.2) is 9.78 Å².